The minimum atomic E-state index is -0.172. The second kappa shape index (κ2) is 5.62. The highest BCUT2D eigenvalue weighted by atomic mass is 79.9. The molecule has 0 aliphatic heterocycles. The van der Waals surface area contributed by atoms with E-state index in [0.29, 0.717) is 5.02 Å². The number of benzene rings is 1. The van der Waals surface area contributed by atoms with Gasteiger partial charge in [0.2, 0.25) is 0 Å². The third-order valence-corrected chi connectivity index (χ3v) is 5.84. The Morgan fingerprint density at radius 1 is 1.18 bits per heavy atom. The van der Waals surface area contributed by atoms with E-state index in [9.17, 15) is 0 Å². The molecule has 0 saturated heterocycles. The van der Waals surface area contributed by atoms with Crippen LogP contribution in [0.15, 0.2) is 33.2 Å². The largest absolute Gasteiger partial charge is 0.143 e. The van der Waals surface area contributed by atoms with E-state index >= 15 is 0 Å². The molecular weight excluding hydrogens is 407 g/mol. The molecule has 0 aliphatic rings. The van der Waals surface area contributed by atoms with Crippen molar-refractivity contribution in [2.75, 3.05) is 0 Å². The third-order valence-electron chi connectivity index (χ3n) is 2.30. The molecule has 0 radical (unpaired) electrons. The molecule has 0 nitrogen and oxygen atoms in total. The van der Waals surface area contributed by atoms with E-state index in [0.717, 1.165) is 19.4 Å². The average molecular weight is 415 g/mol. The molecule has 2 aromatic rings. The maximum atomic E-state index is 6.52. The molecule has 0 spiro atoms. The van der Waals surface area contributed by atoms with Crippen LogP contribution in [0.4, 0.5) is 0 Å². The van der Waals surface area contributed by atoms with E-state index in [1.54, 1.807) is 11.3 Å². The molecule has 90 valence electrons. The van der Waals surface area contributed by atoms with Crippen molar-refractivity contribution in [3.8, 4) is 0 Å². The Labute approximate surface area is 131 Å². The lowest BCUT2D eigenvalue weighted by Gasteiger charge is -2.11. The topological polar surface area (TPSA) is 0 Å². The number of hydrogen-bond acceptors (Lipinski definition) is 1. The summed E-state index contributed by atoms with van der Waals surface area (Å²) in [5.41, 5.74) is 1.03. The Balaban J connectivity index is 2.43. The monoisotopic (exact) mass is 412 g/mol. The van der Waals surface area contributed by atoms with Crippen LogP contribution in [0.25, 0.3) is 0 Å². The summed E-state index contributed by atoms with van der Waals surface area (Å²) in [6, 6.07) is 7.75. The van der Waals surface area contributed by atoms with Crippen LogP contribution in [0.2, 0.25) is 5.02 Å². The number of rotatable bonds is 2. The van der Waals surface area contributed by atoms with Gasteiger partial charge in [0.05, 0.1) is 5.38 Å². The van der Waals surface area contributed by atoms with Gasteiger partial charge in [0.15, 0.2) is 0 Å². The Morgan fingerprint density at radius 3 is 2.41 bits per heavy atom. The number of alkyl halides is 1. The van der Waals surface area contributed by atoms with Crippen LogP contribution < -0.4 is 0 Å². The first-order valence-electron chi connectivity index (χ1n) is 4.84. The van der Waals surface area contributed by atoms with Gasteiger partial charge in [-0.1, -0.05) is 33.6 Å². The molecule has 0 aliphatic carbocycles. The summed E-state index contributed by atoms with van der Waals surface area (Å²) in [6.45, 7) is 2.07. The fourth-order valence-electron chi connectivity index (χ4n) is 1.52. The summed E-state index contributed by atoms with van der Waals surface area (Å²) in [7, 11) is 0. The van der Waals surface area contributed by atoms with E-state index in [-0.39, 0.29) is 5.38 Å². The summed E-state index contributed by atoms with van der Waals surface area (Å²) >= 11 is 21.2. The second-order valence-electron chi connectivity index (χ2n) is 3.60. The van der Waals surface area contributed by atoms with Crippen molar-refractivity contribution in [1.29, 1.82) is 0 Å². The highest BCUT2D eigenvalue weighted by Crippen LogP contribution is 2.42. The SMILES string of the molecule is Cc1cc(Br)c(C(Cl)c2ccc(Cl)cc2Br)s1. The minimum absolute atomic E-state index is 0.172. The van der Waals surface area contributed by atoms with Crippen LogP contribution in [0.5, 0.6) is 0 Å². The van der Waals surface area contributed by atoms with Gasteiger partial charge < -0.3 is 0 Å². The first-order valence-corrected chi connectivity index (χ1v) is 8.05. The molecule has 17 heavy (non-hydrogen) atoms. The predicted octanol–water partition coefficient (Wildman–Crippen LogP) is 6.56. The number of hydrogen-bond donors (Lipinski definition) is 0. The van der Waals surface area contributed by atoms with Crippen LogP contribution in [0.1, 0.15) is 20.7 Å². The van der Waals surface area contributed by atoms with Gasteiger partial charge in [-0.05, 0) is 46.6 Å². The van der Waals surface area contributed by atoms with Gasteiger partial charge in [0.25, 0.3) is 0 Å². The Bertz CT molecular complexity index is 551. The van der Waals surface area contributed by atoms with E-state index in [1.165, 1.54) is 4.88 Å². The van der Waals surface area contributed by atoms with Crippen molar-refractivity contribution in [2.24, 2.45) is 0 Å². The van der Waals surface area contributed by atoms with Crippen LogP contribution >= 0.6 is 66.4 Å². The highest BCUT2D eigenvalue weighted by molar-refractivity contribution is 9.10. The summed E-state index contributed by atoms with van der Waals surface area (Å²) in [5.74, 6) is 0. The van der Waals surface area contributed by atoms with E-state index < -0.39 is 0 Å². The zero-order valence-electron chi connectivity index (χ0n) is 8.81. The number of halogens is 4. The maximum absolute atomic E-state index is 6.52. The first-order chi connectivity index (χ1) is 7.99. The fourth-order valence-corrected chi connectivity index (χ4v) is 5.02. The maximum Gasteiger partial charge on any atom is 0.0950 e. The van der Waals surface area contributed by atoms with Gasteiger partial charge in [-0.25, -0.2) is 0 Å². The molecule has 0 bridgehead atoms. The molecule has 5 heteroatoms. The number of aryl methyl sites for hydroxylation is 1. The summed E-state index contributed by atoms with van der Waals surface area (Å²) in [4.78, 5) is 2.36. The molecule has 1 atom stereocenters. The van der Waals surface area contributed by atoms with Crippen molar-refractivity contribution in [3.05, 3.63) is 53.6 Å². The lowest BCUT2D eigenvalue weighted by atomic mass is 10.1. The molecular formula is C12H8Br2Cl2S. The summed E-state index contributed by atoms with van der Waals surface area (Å²) in [5, 5.41) is 0.528. The van der Waals surface area contributed by atoms with Gasteiger partial charge >= 0.3 is 0 Å². The van der Waals surface area contributed by atoms with Gasteiger partial charge in [-0.3, -0.25) is 0 Å². The molecule has 2 rings (SSSR count). The molecule has 0 fully saturated rings. The highest BCUT2D eigenvalue weighted by Gasteiger charge is 2.19. The zero-order chi connectivity index (χ0) is 12.6. The molecule has 1 heterocycles. The molecule has 0 N–H and O–H groups in total. The van der Waals surface area contributed by atoms with Crippen molar-refractivity contribution in [2.45, 2.75) is 12.3 Å². The van der Waals surface area contributed by atoms with Crippen molar-refractivity contribution in [3.63, 3.8) is 0 Å². The molecule has 1 aromatic carbocycles. The Morgan fingerprint density at radius 2 is 1.88 bits per heavy atom. The molecule has 0 amide bonds. The quantitative estimate of drug-likeness (QED) is 0.488. The fraction of sp³-hybridized carbons (Fsp3) is 0.167. The van der Waals surface area contributed by atoms with Crippen LogP contribution in [-0.4, -0.2) is 0 Å². The first kappa shape index (κ1) is 13.9. The van der Waals surface area contributed by atoms with E-state index in [2.05, 4.69) is 44.8 Å². The molecule has 0 saturated carbocycles. The molecule has 1 aromatic heterocycles. The van der Waals surface area contributed by atoms with Crippen LogP contribution in [-0.2, 0) is 0 Å². The summed E-state index contributed by atoms with van der Waals surface area (Å²) in [6.07, 6.45) is 0. The van der Waals surface area contributed by atoms with E-state index in [1.807, 2.05) is 18.2 Å². The summed E-state index contributed by atoms with van der Waals surface area (Å²) < 4.78 is 1.99. The normalized spacial score (nSPS) is 12.8. The van der Waals surface area contributed by atoms with Crippen LogP contribution in [0, 0.1) is 6.92 Å². The van der Waals surface area contributed by atoms with Crippen LogP contribution in [0.3, 0.4) is 0 Å². The van der Waals surface area contributed by atoms with Crippen molar-refractivity contribution >= 4 is 66.4 Å². The zero-order valence-corrected chi connectivity index (χ0v) is 14.3. The van der Waals surface area contributed by atoms with Gasteiger partial charge in [-0.2, -0.15) is 0 Å². The van der Waals surface area contributed by atoms with Gasteiger partial charge in [0.1, 0.15) is 0 Å². The Hall–Kier alpha value is 0.460. The minimum Gasteiger partial charge on any atom is -0.143 e. The lowest BCUT2D eigenvalue weighted by molar-refractivity contribution is 1.16. The van der Waals surface area contributed by atoms with E-state index in [4.69, 9.17) is 23.2 Å². The average Bonchev–Trinajstić information content (AvgIpc) is 2.57. The number of thiophene rings is 1. The predicted molar refractivity (Wildman–Crippen MR) is 83.6 cm³/mol. The standard InChI is InChI=1S/C12H8Br2Cl2S/c1-6-4-10(14)12(17-6)11(16)8-3-2-7(15)5-9(8)13/h2-5,11H,1H3. The lowest BCUT2D eigenvalue weighted by Crippen LogP contribution is -1.92. The van der Waals surface area contributed by atoms with Gasteiger partial charge in [0, 0.05) is 23.7 Å². The van der Waals surface area contributed by atoms with Crippen molar-refractivity contribution in [1.82, 2.24) is 0 Å². The second-order valence-corrected chi connectivity index (χ2v) is 7.47. The van der Waals surface area contributed by atoms with Crippen molar-refractivity contribution < 1.29 is 0 Å². The Kier molecular flexibility index (Phi) is 4.59. The molecule has 1 unspecified atom stereocenters. The third kappa shape index (κ3) is 3.07. The smallest absolute Gasteiger partial charge is 0.0950 e. The van der Waals surface area contributed by atoms with Gasteiger partial charge in [-0.15, -0.1) is 22.9 Å².